The van der Waals surface area contributed by atoms with Crippen LogP contribution in [-0.2, 0) is 14.8 Å². The lowest BCUT2D eigenvalue weighted by Crippen LogP contribution is -2.34. The molecule has 0 saturated heterocycles. The van der Waals surface area contributed by atoms with E-state index in [1.54, 1.807) is 6.92 Å². The smallest absolute Gasteiger partial charge is 0.320 e. The summed E-state index contributed by atoms with van der Waals surface area (Å²) in [4.78, 5) is 20.3. The summed E-state index contributed by atoms with van der Waals surface area (Å²) in [5.74, 6) is -1.11. The van der Waals surface area contributed by atoms with Gasteiger partial charge in [-0.2, -0.15) is 0 Å². The average molecular weight is 345 g/mol. The first-order valence-corrected chi connectivity index (χ1v) is 8.37. The Morgan fingerprint density at radius 2 is 2.00 bits per heavy atom. The van der Waals surface area contributed by atoms with E-state index in [0.717, 1.165) is 12.1 Å². The molecule has 0 saturated carbocycles. The number of carboxylic acids is 1. The molecule has 23 heavy (non-hydrogen) atoms. The molecule has 2 atom stereocenters. The number of aliphatic carboxylic acids is 1. The number of nitrogens with zero attached hydrogens (tertiary/aromatic N) is 1. The van der Waals surface area contributed by atoms with Crippen molar-refractivity contribution < 1.29 is 23.2 Å². The van der Waals surface area contributed by atoms with Gasteiger partial charge in [0.25, 0.3) is 5.69 Å². The lowest BCUT2D eigenvalue weighted by atomic mass is 10.1. The van der Waals surface area contributed by atoms with Crippen molar-refractivity contribution >= 4 is 21.7 Å². The highest BCUT2D eigenvalue weighted by Crippen LogP contribution is 2.23. The summed E-state index contributed by atoms with van der Waals surface area (Å²) in [6.45, 7) is 1.60. The van der Waals surface area contributed by atoms with E-state index in [2.05, 4.69) is 4.72 Å². The minimum atomic E-state index is -4.04. The second kappa shape index (κ2) is 7.99. The van der Waals surface area contributed by atoms with Crippen LogP contribution in [0.5, 0.6) is 0 Å². The highest BCUT2D eigenvalue weighted by Gasteiger charge is 2.26. The van der Waals surface area contributed by atoms with Crippen LogP contribution in [0.1, 0.15) is 26.2 Å². The van der Waals surface area contributed by atoms with Gasteiger partial charge in [0.05, 0.1) is 4.92 Å². The van der Waals surface area contributed by atoms with E-state index >= 15 is 0 Å². The minimum absolute atomic E-state index is 0.215. The molecule has 1 rings (SSSR count). The monoisotopic (exact) mass is 345 g/mol. The maximum absolute atomic E-state index is 12.2. The normalized spacial score (nSPS) is 14.2. The summed E-state index contributed by atoms with van der Waals surface area (Å²) in [6.07, 6.45) is 0.988. The van der Waals surface area contributed by atoms with Crippen molar-refractivity contribution in [2.45, 2.75) is 43.2 Å². The van der Waals surface area contributed by atoms with E-state index in [1.165, 1.54) is 12.1 Å². The highest BCUT2D eigenvalue weighted by molar-refractivity contribution is 7.89. The van der Waals surface area contributed by atoms with Gasteiger partial charge in [-0.15, -0.1) is 0 Å². The summed E-state index contributed by atoms with van der Waals surface area (Å²) < 4.78 is 26.8. The van der Waals surface area contributed by atoms with Crippen LogP contribution in [0.4, 0.5) is 5.69 Å². The first kappa shape index (κ1) is 19.0. The van der Waals surface area contributed by atoms with Gasteiger partial charge in [-0.25, -0.2) is 13.1 Å². The fraction of sp³-hybridized carbons (Fsp3) is 0.462. The molecule has 9 nitrogen and oxygen atoms in total. The van der Waals surface area contributed by atoms with Crippen LogP contribution >= 0.6 is 0 Å². The zero-order chi connectivity index (χ0) is 17.6. The molecule has 0 bridgehead atoms. The minimum Gasteiger partial charge on any atom is -0.480 e. The topological polar surface area (TPSA) is 153 Å². The number of carboxylic acid groups (broad SMARTS) is 1. The zero-order valence-electron chi connectivity index (χ0n) is 12.5. The van der Waals surface area contributed by atoms with Crippen molar-refractivity contribution in [3.8, 4) is 0 Å². The van der Waals surface area contributed by atoms with Crippen molar-refractivity contribution in [1.82, 2.24) is 4.72 Å². The summed E-state index contributed by atoms with van der Waals surface area (Å²) >= 11 is 0. The Hall–Kier alpha value is -2.04. The summed E-state index contributed by atoms with van der Waals surface area (Å²) in [5, 5.41) is 19.6. The number of sulfonamides is 1. The summed E-state index contributed by atoms with van der Waals surface area (Å²) in [5.41, 5.74) is 4.86. The molecule has 0 amide bonds. The molecule has 0 heterocycles. The van der Waals surface area contributed by atoms with Gasteiger partial charge in [0, 0.05) is 12.1 Å². The molecular formula is C13H19N3O6S. The number of carbonyl (C=O) groups is 1. The number of nitrogens with two attached hydrogens (primary N) is 1. The van der Waals surface area contributed by atoms with Gasteiger partial charge in [-0.1, -0.05) is 12.1 Å². The van der Waals surface area contributed by atoms with Crippen molar-refractivity contribution in [3.05, 3.63) is 34.4 Å². The number of rotatable bonds is 9. The number of nitro benzene ring substituents is 1. The third-order valence-corrected chi connectivity index (χ3v) is 4.81. The molecule has 0 aromatic heterocycles. The summed E-state index contributed by atoms with van der Waals surface area (Å²) in [7, 11) is -4.04. The third-order valence-electron chi connectivity index (χ3n) is 3.18. The van der Waals surface area contributed by atoms with Crippen molar-refractivity contribution in [1.29, 1.82) is 0 Å². The van der Waals surface area contributed by atoms with Gasteiger partial charge in [-0.3, -0.25) is 14.9 Å². The molecule has 1 aromatic carbocycles. The average Bonchev–Trinajstić information content (AvgIpc) is 2.46. The molecule has 1 aromatic rings. The van der Waals surface area contributed by atoms with Crippen molar-refractivity contribution in [2.24, 2.45) is 5.73 Å². The Labute approximate surface area is 133 Å². The number of hydrogen-bond acceptors (Lipinski definition) is 6. The van der Waals surface area contributed by atoms with Crippen LogP contribution in [-0.4, -0.2) is 36.5 Å². The maximum atomic E-state index is 12.2. The Balaban J connectivity index is 2.72. The van der Waals surface area contributed by atoms with E-state index < -0.39 is 43.6 Å². The second-order valence-corrected chi connectivity index (χ2v) is 6.81. The van der Waals surface area contributed by atoms with Crippen LogP contribution in [0.3, 0.4) is 0 Å². The Kier molecular flexibility index (Phi) is 6.61. The molecule has 128 valence electrons. The van der Waals surface area contributed by atoms with Crippen LogP contribution in [0.25, 0.3) is 0 Å². The number of benzene rings is 1. The highest BCUT2D eigenvalue weighted by atomic mass is 32.2. The fourth-order valence-electron chi connectivity index (χ4n) is 1.99. The molecule has 4 N–H and O–H groups in total. The molecule has 0 aliphatic rings. The Morgan fingerprint density at radius 1 is 1.39 bits per heavy atom. The molecule has 0 aliphatic carbocycles. The molecule has 0 spiro atoms. The number of nitrogens with one attached hydrogen (secondary N) is 1. The molecule has 10 heteroatoms. The van der Waals surface area contributed by atoms with Crippen LogP contribution in [0.2, 0.25) is 0 Å². The maximum Gasteiger partial charge on any atom is 0.320 e. The predicted octanol–water partition coefficient (Wildman–Crippen LogP) is 0.844. The number of nitro groups is 1. The second-order valence-electron chi connectivity index (χ2n) is 5.12. The summed E-state index contributed by atoms with van der Waals surface area (Å²) in [6, 6.07) is 3.56. The van der Waals surface area contributed by atoms with E-state index in [1.807, 2.05) is 0 Å². The first-order valence-electron chi connectivity index (χ1n) is 6.89. The molecule has 0 aliphatic heterocycles. The number of hydrogen-bond donors (Lipinski definition) is 3. The van der Waals surface area contributed by atoms with E-state index in [4.69, 9.17) is 10.8 Å². The lowest BCUT2D eigenvalue weighted by molar-refractivity contribution is -0.387. The number of para-hydroxylation sites is 1. The van der Waals surface area contributed by atoms with Gasteiger partial charge in [0.15, 0.2) is 4.90 Å². The molecule has 1 unspecified atom stereocenters. The van der Waals surface area contributed by atoms with Gasteiger partial charge in [-0.05, 0) is 32.3 Å². The van der Waals surface area contributed by atoms with Crippen molar-refractivity contribution in [2.75, 3.05) is 0 Å². The van der Waals surface area contributed by atoms with Crippen molar-refractivity contribution in [3.63, 3.8) is 0 Å². The van der Waals surface area contributed by atoms with E-state index in [-0.39, 0.29) is 6.42 Å². The zero-order valence-corrected chi connectivity index (χ0v) is 13.3. The molecule has 0 radical (unpaired) electrons. The first-order chi connectivity index (χ1) is 10.6. The standard InChI is InChI=1S/C13H19N3O6S/c1-9(5-4-6-10(14)13(17)18)15-23(21,22)12-8-3-2-7-11(12)16(19)20/h2-3,7-10,15H,4-6,14H2,1H3,(H,17,18)/t9?,10-/m1/s1. The molecule has 0 fully saturated rings. The fourth-order valence-corrected chi connectivity index (χ4v) is 3.44. The van der Waals surface area contributed by atoms with Gasteiger partial charge >= 0.3 is 5.97 Å². The van der Waals surface area contributed by atoms with Crippen LogP contribution in [0.15, 0.2) is 29.2 Å². The van der Waals surface area contributed by atoms with Gasteiger partial charge < -0.3 is 10.8 Å². The SMILES string of the molecule is CC(CCC[C@@H](N)C(=O)O)NS(=O)(=O)c1ccccc1[N+](=O)[O-]. The van der Waals surface area contributed by atoms with Crippen LogP contribution in [0, 0.1) is 10.1 Å². The third kappa shape index (κ3) is 5.58. The van der Waals surface area contributed by atoms with Crippen LogP contribution < -0.4 is 10.5 Å². The van der Waals surface area contributed by atoms with Gasteiger partial charge in [0.2, 0.25) is 10.0 Å². The predicted molar refractivity (Wildman–Crippen MR) is 82.3 cm³/mol. The quantitative estimate of drug-likeness (QED) is 0.443. The molecular weight excluding hydrogens is 326 g/mol. The Morgan fingerprint density at radius 3 is 2.57 bits per heavy atom. The van der Waals surface area contributed by atoms with E-state index in [0.29, 0.717) is 12.8 Å². The largest absolute Gasteiger partial charge is 0.480 e. The van der Waals surface area contributed by atoms with E-state index in [9.17, 15) is 23.3 Å². The Bertz CT molecular complexity index is 676. The lowest BCUT2D eigenvalue weighted by Gasteiger charge is -2.15. The van der Waals surface area contributed by atoms with Gasteiger partial charge in [0.1, 0.15) is 6.04 Å².